The van der Waals surface area contributed by atoms with Gasteiger partial charge in [-0.05, 0) is 26.1 Å². The molecule has 0 amide bonds. The van der Waals surface area contributed by atoms with E-state index >= 15 is 0 Å². The first kappa shape index (κ1) is 8.05. The Bertz CT molecular complexity index is 213. The standard InChI is InChI=1S/C9H15P/c1-7(2)6-8-9(3,4)10(8)5/h1-5H3. The molecule has 0 aliphatic carbocycles. The summed E-state index contributed by atoms with van der Waals surface area (Å²) in [6, 6.07) is 0. The van der Waals surface area contributed by atoms with E-state index in [1.54, 1.807) is 5.31 Å². The zero-order chi connectivity index (χ0) is 7.94. The summed E-state index contributed by atoms with van der Waals surface area (Å²) in [5.74, 6) is 0. The molecule has 1 fully saturated rings. The molecule has 0 bridgehead atoms. The SMILES string of the molecule is CC(C)=C=C1P(C)C1(C)C. The topological polar surface area (TPSA) is 0 Å². The van der Waals surface area contributed by atoms with E-state index in [-0.39, 0.29) is 7.92 Å². The molecule has 1 heteroatoms. The molecule has 1 heterocycles. The largest absolute Gasteiger partial charge is 0.117 e. The van der Waals surface area contributed by atoms with Crippen LogP contribution in [0, 0.1) is 0 Å². The van der Waals surface area contributed by atoms with E-state index in [1.165, 1.54) is 5.57 Å². The molecule has 1 saturated heterocycles. The Labute approximate surface area is 64.8 Å². The molecule has 1 aliphatic heterocycles. The van der Waals surface area contributed by atoms with E-state index in [0.29, 0.717) is 5.16 Å². The van der Waals surface area contributed by atoms with Gasteiger partial charge in [-0.1, -0.05) is 21.8 Å². The molecule has 0 aromatic rings. The van der Waals surface area contributed by atoms with Crippen molar-refractivity contribution in [2.45, 2.75) is 32.9 Å². The van der Waals surface area contributed by atoms with Crippen LogP contribution in [0.25, 0.3) is 0 Å². The molecule has 0 aromatic heterocycles. The maximum atomic E-state index is 3.42. The van der Waals surface area contributed by atoms with Gasteiger partial charge in [-0.3, -0.25) is 0 Å². The second-order valence-corrected chi connectivity index (χ2v) is 6.27. The maximum absolute atomic E-state index is 3.42. The molecular weight excluding hydrogens is 139 g/mol. The van der Waals surface area contributed by atoms with Crippen LogP contribution < -0.4 is 0 Å². The molecule has 10 heavy (non-hydrogen) atoms. The van der Waals surface area contributed by atoms with Crippen molar-refractivity contribution in [2.75, 3.05) is 6.66 Å². The van der Waals surface area contributed by atoms with E-state index in [1.807, 2.05) is 0 Å². The highest BCUT2D eigenvalue weighted by molar-refractivity contribution is 7.72. The fourth-order valence-corrected chi connectivity index (χ4v) is 2.96. The third kappa shape index (κ3) is 1.19. The average Bonchev–Trinajstić information content (AvgIpc) is 2.17. The van der Waals surface area contributed by atoms with Crippen molar-refractivity contribution in [2.24, 2.45) is 0 Å². The zero-order valence-electron chi connectivity index (χ0n) is 7.45. The fourth-order valence-electron chi connectivity index (χ4n) is 1.05. The van der Waals surface area contributed by atoms with Gasteiger partial charge in [0.25, 0.3) is 0 Å². The average molecular weight is 154 g/mol. The number of hydrogen-bond acceptors (Lipinski definition) is 0. The van der Waals surface area contributed by atoms with Crippen molar-refractivity contribution in [3.05, 3.63) is 16.6 Å². The minimum Gasteiger partial charge on any atom is -0.117 e. The molecule has 1 unspecified atom stereocenters. The van der Waals surface area contributed by atoms with Crippen LogP contribution in [0.1, 0.15) is 27.7 Å². The molecule has 1 rings (SSSR count). The predicted molar refractivity (Wildman–Crippen MR) is 48.8 cm³/mol. The first-order chi connectivity index (χ1) is 4.46. The third-order valence-corrected chi connectivity index (χ3v) is 5.09. The molecule has 0 saturated carbocycles. The summed E-state index contributed by atoms with van der Waals surface area (Å²) in [4.78, 5) is 0. The highest BCUT2D eigenvalue weighted by Crippen LogP contribution is 2.76. The van der Waals surface area contributed by atoms with E-state index in [2.05, 4.69) is 40.1 Å². The summed E-state index contributed by atoms with van der Waals surface area (Å²) in [6.07, 6.45) is 0. The van der Waals surface area contributed by atoms with Crippen LogP contribution in [0.4, 0.5) is 0 Å². The van der Waals surface area contributed by atoms with Crippen LogP contribution in [0.5, 0.6) is 0 Å². The van der Waals surface area contributed by atoms with Gasteiger partial charge in [-0.2, -0.15) is 0 Å². The van der Waals surface area contributed by atoms with Gasteiger partial charge in [0.1, 0.15) is 0 Å². The van der Waals surface area contributed by atoms with Crippen molar-refractivity contribution in [1.29, 1.82) is 0 Å². The Balaban J connectivity index is 2.94. The molecule has 0 nitrogen and oxygen atoms in total. The van der Waals surface area contributed by atoms with Gasteiger partial charge < -0.3 is 0 Å². The quantitative estimate of drug-likeness (QED) is 0.371. The zero-order valence-corrected chi connectivity index (χ0v) is 8.34. The monoisotopic (exact) mass is 154 g/mol. The second-order valence-electron chi connectivity index (χ2n) is 3.59. The Hall–Kier alpha value is -0.0500. The van der Waals surface area contributed by atoms with Crippen molar-refractivity contribution in [1.82, 2.24) is 0 Å². The highest BCUT2D eigenvalue weighted by Gasteiger charge is 2.48. The van der Waals surface area contributed by atoms with Crippen LogP contribution >= 0.6 is 7.92 Å². The van der Waals surface area contributed by atoms with Gasteiger partial charge in [0, 0.05) is 10.5 Å². The summed E-state index contributed by atoms with van der Waals surface area (Å²) < 4.78 is 0. The van der Waals surface area contributed by atoms with Crippen LogP contribution in [0.15, 0.2) is 16.6 Å². The van der Waals surface area contributed by atoms with Crippen LogP contribution in [-0.4, -0.2) is 11.8 Å². The van der Waals surface area contributed by atoms with Gasteiger partial charge in [0.05, 0.1) is 0 Å². The Kier molecular flexibility index (Phi) is 1.79. The third-order valence-electron chi connectivity index (χ3n) is 2.07. The first-order valence-electron chi connectivity index (χ1n) is 3.64. The number of allylic oxidation sites excluding steroid dienone is 1. The second kappa shape index (κ2) is 2.22. The van der Waals surface area contributed by atoms with Crippen molar-refractivity contribution < 1.29 is 0 Å². The van der Waals surface area contributed by atoms with E-state index in [0.717, 1.165) is 0 Å². The molecule has 0 aromatic carbocycles. The van der Waals surface area contributed by atoms with E-state index < -0.39 is 0 Å². The lowest BCUT2D eigenvalue weighted by atomic mass is 10.2. The summed E-state index contributed by atoms with van der Waals surface area (Å²) in [7, 11) is 0.175. The van der Waals surface area contributed by atoms with Crippen LogP contribution in [-0.2, 0) is 0 Å². The molecule has 0 radical (unpaired) electrons. The van der Waals surface area contributed by atoms with Crippen LogP contribution in [0.3, 0.4) is 0 Å². The van der Waals surface area contributed by atoms with Crippen molar-refractivity contribution in [3.63, 3.8) is 0 Å². The molecule has 1 atom stereocenters. The lowest BCUT2D eigenvalue weighted by molar-refractivity contribution is 0.950. The minimum absolute atomic E-state index is 0.175. The molecule has 56 valence electrons. The number of hydrogen-bond donors (Lipinski definition) is 0. The molecule has 0 spiro atoms. The Morgan fingerprint density at radius 3 is 1.90 bits per heavy atom. The Morgan fingerprint density at radius 1 is 1.40 bits per heavy atom. The van der Waals surface area contributed by atoms with Crippen molar-refractivity contribution in [3.8, 4) is 0 Å². The lowest BCUT2D eigenvalue weighted by Crippen LogP contribution is -1.88. The predicted octanol–water partition coefficient (Wildman–Crippen LogP) is 3.34. The normalized spacial score (nSPS) is 27.7. The maximum Gasteiger partial charge on any atom is 0.0216 e. The summed E-state index contributed by atoms with van der Waals surface area (Å²) in [5, 5.41) is 2.06. The Morgan fingerprint density at radius 2 is 1.80 bits per heavy atom. The smallest absolute Gasteiger partial charge is 0.0216 e. The van der Waals surface area contributed by atoms with E-state index in [9.17, 15) is 0 Å². The molecule has 0 N–H and O–H groups in total. The van der Waals surface area contributed by atoms with Crippen molar-refractivity contribution >= 4 is 7.92 Å². The number of rotatable bonds is 0. The van der Waals surface area contributed by atoms with Crippen LogP contribution in [0.2, 0.25) is 0 Å². The minimum atomic E-state index is 0.175. The summed E-state index contributed by atoms with van der Waals surface area (Å²) >= 11 is 0. The van der Waals surface area contributed by atoms with E-state index in [4.69, 9.17) is 0 Å². The van der Waals surface area contributed by atoms with Gasteiger partial charge in [0.2, 0.25) is 0 Å². The summed E-state index contributed by atoms with van der Waals surface area (Å²) in [5.41, 5.74) is 4.73. The first-order valence-corrected chi connectivity index (χ1v) is 5.43. The fraction of sp³-hybridized carbons (Fsp3) is 0.667. The highest BCUT2D eigenvalue weighted by atomic mass is 31.1. The van der Waals surface area contributed by atoms with Gasteiger partial charge in [0.15, 0.2) is 0 Å². The summed E-state index contributed by atoms with van der Waals surface area (Å²) in [6.45, 7) is 11.2. The van der Waals surface area contributed by atoms with Gasteiger partial charge in [-0.25, -0.2) is 0 Å². The lowest BCUT2D eigenvalue weighted by Gasteiger charge is -1.90. The molecular formula is C9H15P. The van der Waals surface area contributed by atoms with Gasteiger partial charge >= 0.3 is 0 Å². The van der Waals surface area contributed by atoms with Gasteiger partial charge in [-0.15, -0.1) is 5.73 Å². The molecule has 1 aliphatic rings.